The number of phenols is 1. The van der Waals surface area contributed by atoms with E-state index in [-0.39, 0.29) is 24.6 Å². The quantitative estimate of drug-likeness (QED) is 0.0303. The monoisotopic (exact) mass is 1100 g/mol. The Balaban J connectivity index is 1.53. The second-order valence-corrected chi connectivity index (χ2v) is 19.1. The van der Waals surface area contributed by atoms with Gasteiger partial charge in [0, 0.05) is 26.4 Å². The fraction of sp³-hybridized carbons (Fsp3) is 0.787. The number of esters is 1. The standard InChI is InChI=1S/C47H74N2O27/c1-20-11-12-23(55)22(14-20)42(65)49-31-40(74-44-36(63)35(62)33(60)26(17-51)70-44)38(28(19-53)72-43(31)69-13-9-7-5-4-6-8-10-29(58)68-3)73-45-37(64)41(34(61)27(18-52)71-45)76-47(46(66)67)15-24(56)30(48-21(2)54)39(75-47)32(59)25(57)16-50/h11-12,14,24-28,30-41,43-45,50-53,55-57,59-64H,4-10,13,15-19H2,1-3H3,(H,48,54)(H,49,65)(H,66,67)/t24?,25?,26?,27?,28?,30-,31?,32?,33-,34+,35?,36?,37?,38-,39?,40?,41?,43-,44+,45?,47+/m1/s1. The number of carbonyl (C=O) groups is 4. The van der Waals surface area contributed by atoms with E-state index in [9.17, 15) is 90.7 Å². The predicted octanol–water partition coefficient (Wildman–Crippen LogP) is -6.02. The molecule has 16 N–H and O–H groups in total. The first-order chi connectivity index (χ1) is 36.1. The number of amides is 2. The van der Waals surface area contributed by atoms with Crippen LogP contribution in [0, 0.1) is 6.92 Å². The highest BCUT2D eigenvalue weighted by Gasteiger charge is 2.61. The van der Waals surface area contributed by atoms with E-state index in [2.05, 4.69) is 15.4 Å². The summed E-state index contributed by atoms with van der Waals surface area (Å²) in [6.45, 7) is -1.60. The predicted molar refractivity (Wildman–Crippen MR) is 249 cm³/mol. The van der Waals surface area contributed by atoms with Gasteiger partial charge in [0.1, 0.15) is 97.2 Å². The van der Waals surface area contributed by atoms with Gasteiger partial charge in [0.25, 0.3) is 11.7 Å². The SMILES string of the molecule is COC(=O)CCCCCCCCO[C@@H]1OC(CO)[C@@H](OC2OC(CO)[C@H](O)C(O[C@]3(C(=O)O)CC(O)[C@@H](NC(C)=O)C(C(O)C(O)CO)O3)C2O)C(O[C@@H]2OC(CO)[C@@H](O)C(O)C2O)C1NC(=O)c1cc(C)ccc1O. The van der Waals surface area contributed by atoms with Crippen LogP contribution in [-0.2, 0) is 57.0 Å². The Bertz CT molecular complexity index is 2020. The molecule has 0 spiro atoms. The van der Waals surface area contributed by atoms with Gasteiger partial charge in [-0.3, -0.25) is 14.4 Å². The highest BCUT2D eigenvalue weighted by molar-refractivity contribution is 5.97. The van der Waals surface area contributed by atoms with E-state index in [1.54, 1.807) is 6.92 Å². The molecule has 0 saturated carbocycles. The number of rotatable bonds is 26. The number of nitrogens with one attached hydrogen (secondary N) is 2. The van der Waals surface area contributed by atoms with E-state index in [1.165, 1.54) is 25.3 Å². The Hall–Kier alpha value is -3.90. The lowest BCUT2D eigenvalue weighted by Crippen LogP contribution is -2.71. The summed E-state index contributed by atoms with van der Waals surface area (Å²) in [5.41, 5.74) is 0.244. The molecule has 21 atom stereocenters. The van der Waals surface area contributed by atoms with Crippen LogP contribution in [0.4, 0.5) is 0 Å². The van der Waals surface area contributed by atoms with Gasteiger partial charge in [-0.1, -0.05) is 37.3 Å². The normalized spacial score (nSPS) is 36.7. The summed E-state index contributed by atoms with van der Waals surface area (Å²) in [6.07, 6.45) is -33.1. The first kappa shape index (κ1) is 62.9. The number of carbonyl (C=O) groups excluding carboxylic acids is 3. The van der Waals surface area contributed by atoms with Crippen molar-refractivity contribution < 1.29 is 133 Å². The maximum Gasteiger partial charge on any atom is 0.364 e. The van der Waals surface area contributed by atoms with E-state index in [4.69, 9.17) is 37.9 Å². The number of aryl methyl sites for hydroxylation is 1. The molecule has 1 aromatic rings. The van der Waals surface area contributed by atoms with Crippen molar-refractivity contribution in [1.29, 1.82) is 0 Å². The zero-order valence-corrected chi connectivity index (χ0v) is 42.0. The minimum Gasteiger partial charge on any atom is -0.507 e. The smallest absolute Gasteiger partial charge is 0.364 e. The number of aliphatic hydroxyl groups is 12. The molecule has 29 nitrogen and oxygen atoms in total. The van der Waals surface area contributed by atoms with Gasteiger partial charge in [-0.25, -0.2) is 4.79 Å². The second-order valence-electron chi connectivity index (χ2n) is 19.1. The Morgan fingerprint density at radius 1 is 0.724 bits per heavy atom. The molecule has 0 bridgehead atoms. The molecule has 4 heterocycles. The highest BCUT2D eigenvalue weighted by atomic mass is 16.8. The third-order valence-corrected chi connectivity index (χ3v) is 13.6. The third kappa shape index (κ3) is 15.3. The summed E-state index contributed by atoms with van der Waals surface area (Å²) >= 11 is 0. The molecule has 0 radical (unpaired) electrons. The lowest BCUT2D eigenvalue weighted by molar-refractivity contribution is -0.391. The minimum absolute atomic E-state index is 0.0740. The van der Waals surface area contributed by atoms with Crippen molar-refractivity contribution in [2.75, 3.05) is 40.1 Å². The Morgan fingerprint density at radius 2 is 1.32 bits per heavy atom. The molecule has 0 aliphatic carbocycles. The average Bonchev–Trinajstić information content (AvgIpc) is 3.39. The van der Waals surface area contributed by atoms with E-state index in [0.717, 1.165) is 19.8 Å². The van der Waals surface area contributed by atoms with Crippen LogP contribution in [0.15, 0.2) is 18.2 Å². The van der Waals surface area contributed by atoms with E-state index >= 15 is 0 Å². The molecule has 434 valence electrons. The number of ether oxygens (including phenoxy) is 9. The zero-order chi connectivity index (χ0) is 56.2. The first-order valence-corrected chi connectivity index (χ1v) is 24.9. The number of aromatic hydroxyl groups is 1. The largest absolute Gasteiger partial charge is 0.507 e. The average molecular weight is 1100 g/mol. The van der Waals surface area contributed by atoms with Crippen molar-refractivity contribution >= 4 is 23.8 Å². The number of hydrogen-bond donors (Lipinski definition) is 16. The number of phenolic OH excluding ortho intramolecular Hbond substituents is 1. The summed E-state index contributed by atoms with van der Waals surface area (Å²) in [7, 11) is 1.30. The maximum atomic E-state index is 14.2. The van der Waals surface area contributed by atoms with Crippen molar-refractivity contribution in [3.05, 3.63) is 29.3 Å². The van der Waals surface area contributed by atoms with Crippen molar-refractivity contribution in [1.82, 2.24) is 10.6 Å². The summed E-state index contributed by atoms with van der Waals surface area (Å²) in [4.78, 5) is 51.0. The summed E-state index contributed by atoms with van der Waals surface area (Å²) < 4.78 is 52.6. The number of hydrogen-bond acceptors (Lipinski definition) is 26. The van der Waals surface area contributed by atoms with Crippen LogP contribution in [-0.4, -0.2) is 264 Å². The van der Waals surface area contributed by atoms with E-state index in [1.807, 2.05) is 0 Å². The number of unbranched alkanes of at least 4 members (excludes halogenated alkanes) is 5. The van der Waals surface area contributed by atoms with Crippen LogP contribution in [0.25, 0.3) is 0 Å². The topological polar surface area (TPSA) is 459 Å². The van der Waals surface area contributed by atoms with Crippen LogP contribution in [0.5, 0.6) is 5.75 Å². The van der Waals surface area contributed by atoms with Crippen molar-refractivity contribution in [2.45, 2.75) is 194 Å². The van der Waals surface area contributed by atoms with Gasteiger partial charge in [0.05, 0.1) is 51.2 Å². The van der Waals surface area contributed by atoms with Crippen molar-refractivity contribution in [3.8, 4) is 5.75 Å². The van der Waals surface area contributed by atoms with Crippen LogP contribution in [0.3, 0.4) is 0 Å². The Kier molecular flexibility index (Phi) is 23.9. The minimum atomic E-state index is -3.19. The highest BCUT2D eigenvalue weighted by Crippen LogP contribution is 2.39. The van der Waals surface area contributed by atoms with Gasteiger partial charge < -0.3 is 125 Å². The number of methoxy groups -OCH3 is 1. The van der Waals surface area contributed by atoms with Crippen LogP contribution < -0.4 is 10.6 Å². The third-order valence-electron chi connectivity index (χ3n) is 13.6. The maximum absolute atomic E-state index is 14.2. The molecule has 76 heavy (non-hydrogen) atoms. The first-order valence-electron chi connectivity index (χ1n) is 24.9. The van der Waals surface area contributed by atoms with Gasteiger partial charge in [0.15, 0.2) is 18.9 Å². The molecule has 4 aliphatic rings. The summed E-state index contributed by atoms with van der Waals surface area (Å²) in [5.74, 6) is -7.86. The number of aliphatic carboxylic acids is 1. The van der Waals surface area contributed by atoms with Crippen LogP contribution >= 0.6 is 0 Å². The fourth-order valence-corrected chi connectivity index (χ4v) is 9.38. The molecular formula is C47H74N2O27. The molecule has 5 rings (SSSR count). The van der Waals surface area contributed by atoms with E-state index in [0.29, 0.717) is 31.2 Å². The second kappa shape index (κ2) is 28.8. The molecule has 1 aromatic carbocycles. The fourth-order valence-electron chi connectivity index (χ4n) is 9.38. The van der Waals surface area contributed by atoms with Gasteiger partial charge in [0.2, 0.25) is 5.91 Å². The molecule has 2 amide bonds. The van der Waals surface area contributed by atoms with Gasteiger partial charge in [-0.05, 0) is 31.9 Å². The number of benzene rings is 1. The molecule has 4 fully saturated rings. The summed E-state index contributed by atoms with van der Waals surface area (Å²) in [5, 5.41) is 156. The molecule has 14 unspecified atom stereocenters. The molecule has 0 aromatic heterocycles. The summed E-state index contributed by atoms with van der Waals surface area (Å²) in [6, 6.07) is 0.737. The zero-order valence-electron chi connectivity index (χ0n) is 42.0. The van der Waals surface area contributed by atoms with E-state index < -0.39 is 185 Å². The molecule has 29 heteroatoms. The van der Waals surface area contributed by atoms with Crippen LogP contribution in [0.2, 0.25) is 0 Å². The molecular weight excluding hydrogens is 1020 g/mol. The van der Waals surface area contributed by atoms with Gasteiger partial charge in [-0.15, -0.1) is 0 Å². The lowest BCUT2D eigenvalue weighted by atomic mass is 9.88. The van der Waals surface area contributed by atoms with Crippen molar-refractivity contribution in [3.63, 3.8) is 0 Å². The van der Waals surface area contributed by atoms with Gasteiger partial charge in [-0.2, -0.15) is 0 Å². The van der Waals surface area contributed by atoms with Crippen LogP contribution in [0.1, 0.15) is 74.2 Å². The number of carboxylic acids is 1. The number of aliphatic hydroxyl groups excluding tert-OH is 12. The molecule has 4 aliphatic heterocycles. The Morgan fingerprint density at radius 3 is 1.92 bits per heavy atom. The number of carboxylic acid groups (broad SMARTS) is 1. The van der Waals surface area contributed by atoms with Gasteiger partial charge >= 0.3 is 11.9 Å². The Labute approximate surface area is 435 Å². The van der Waals surface area contributed by atoms with Crippen molar-refractivity contribution in [2.24, 2.45) is 0 Å². The lowest BCUT2D eigenvalue weighted by Gasteiger charge is -2.51. The molecule has 4 saturated heterocycles.